The lowest BCUT2D eigenvalue weighted by Crippen LogP contribution is -2.34. The van der Waals surface area contributed by atoms with Crippen LogP contribution in [0.3, 0.4) is 0 Å². The second-order valence-corrected chi connectivity index (χ2v) is 9.65. The van der Waals surface area contributed by atoms with E-state index in [1.807, 2.05) is 18.2 Å². The molecule has 3 fully saturated rings. The maximum atomic E-state index is 12.6. The van der Waals surface area contributed by atoms with Gasteiger partial charge in [0, 0.05) is 18.7 Å². The fourth-order valence-corrected chi connectivity index (χ4v) is 5.32. The first-order valence-corrected chi connectivity index (χ1v) is 11.2. The maximum absolute atomic E-state index is 12.6. The number of ketones is 1. The zero-order valence-corrected chi connectivity index (χ0v) is 16.9. The Morgan fingerprint density at radius 2 is 2.14 bits per heavy atom. The molecule has 6 rings (SSSR count). The number of carbonyl (C=O) groups excluding carboxylic acids is 1. The molecule has 0 unspecified atom stereocenters. The summed E-state index contributed by atoms with van der Waals surface area (Å²) in [5, 5.41) is 3.31. The Hall–Kier alpha value is -2.38. The maximum Gasteiger partial charge on any atom is 0.266 e. The summed E-state index contributed by atoms with van der Waals surface area (Å²) < 4.78 is 7.15. The number of anilines is 1. The van der Waals surface area contributed by atoms with Crippen molar-refractivity contribution in [1.29, 1.82) is 0 Å². The number of thiazole rings is 1. The largest absolute Gasteiger partial charge is 0.490 e. The average molecular weight is 410 g/mol. The number of hydrogen-bond donors (Lipinski definition) is 2. The van der Waals surface area contributed by atoms with Crippen LogP contribution in [-0.4, -0.2) is 42.5 Å². The number of H-pyrrole nitrogens is 1. The van der Waals surface area contributed by atoms with Crippen LogP contribution in [0.4, 0.5) is 5.69 Å². The van der Waals surface area contributed by atoms with Crippen LogP contribution in [0.15, 0.2) is 23.0 Å². The topological polar surface area (TPSA) is 74.4 Å². The molecule has 29 heavy (non-hydrogen) atoms. The van der Waals surface area contributed by atoms with E-state index < -0.39 is 0 Å². The Labute approximate surface area is 171 Å². The highest BCUT2D eigenvalue weighted by Crippen LogP contribution is 2.42. The Kier molecular flexibility index (Phi) is 3.80. The van der Waals surface area contributed by atoms with Gasteiger partial charge in [-0.2, -0.15) is 0 Å². The Bertz CT molecular complexity index is 1190. The van der Waals surface area contributed by atoms with Crippen molar-refractivity contribution in [3.63, 3.8) is 0 Å². The van der Waals surface area contributed by atoms with Gasteiger partial charge in [-0.1, -0.05) is 6.07 Å². The summed E-state index contributed by atoms with van der Waals surface area (Å²) in [6.07, 6.45) is 6.35. The van der Waals surface area contributed by atoms with Gasteiger partial charge in [0.25, 0.3) is 5.56 Å². The average Bonchev–Trinajstić information content (AvgIpc) is 3.62. The molecule has 2 saturated carbocycles. The molecular weight excluding hydrogens is 386 g/mol. The number of Topliss-reactive ketones (excluding diaryl/α,β-unsaturated/α-hetero) is 1. The normalized spacial score (nSPS) is 24.8. The molecule has 4 aliphatic rings. The van der Waals surface area contributed by atoms with E-state index in [1.54, 1.807) is 0 Å². The predicted octanol–water partition coefficient (Wildman–Crippen LogP) is 0.730. The molecule has 150 valence electrons. The van der Waals surface area contributed by atoms with Gasteiger partial charge in [-0.05, 0) is 55.4 Å². The molecule has 0 atom stereocenters. The van der Waals surface area contributed by atoms with E-state index in [4.69, 9.17) is 4.74 Å². The van der Waals surface area contributed by atoms with Crippen LogP contribution in [0.2, 0.25) is 0 Å². The Morgan fingerprint density at radius 3 is 2.90 bits per heavy atom. The highest BCUT2D eigenvalue weighted by Gasteiger charge is 2.54. The molecule has 6 nitrogen and oxygen atoms in total. The van der Waals surface area contributed by atoms with Gasteiger partial charge in [-0.15, -0.1) is 11.3 Å². The first-order chi connectivity index (χ1) is 14.1. The minimum absolute atomic E-state index is 0.133. The SMILES string of the molecule is O=C1/C(=c2\[nH]c(=O)/c(=C/c3ccc4c(c3)N(CC3CC3)CCO4)s2)CNC12CC2. The van der Waals surface area contributed by atoms with E-state index in [0.717, 1.165) is 61.0 Å². The predicted molar refractivity (Wildman–Crippen MR) is 113 cm³/mol. The lowest BCUT2D eigenvalue weighted by molar-refractivity contribution is -0.115. The summed E-state index contributed by atoms with van der Waals surface area (Å²) in [6.45, 7) is 3.25. The molecule has 1 aromatic heterocycles. The molecule has 7 heteroatoms. The molecule has 2 aliphatic carbocycles. The molecule has 0 amide bonds. The summed E-state index contributed by atoms with van der Waals surface area (Å²) in [7, 11) is 0. The van der Waals surface area contributed by atoms with Crippen LogP contribution in [0, 0.1) is 5.92 Å². The van der Waals surface area contributed by atoms with Crippen LogP contribution in [0.1, 0.15) is 31.2 Å². The van der Waals surface area contributed by atoms with Gasteiger partial charge in [0.15, 0.2) is 5.78 Å². The fourth-order valence-electron chi connectivity index (χ4n) is 4.33. The first-order valence-electron chi connectivity index (χ1n) is 10.4. The summed E-state index contributed by atoms with van der Waals surface area (Å²) in [5.74, 6) is 1.88. The van der Waals surface area contributed by atoms with Crippen LogP contribution in [0.5, 0.6) is 5.75 Å². The van der Waals surface area contributed by atoms with E-state index in [0.29, 0.717) is 15.7 Å². The van der Waals surface area contributed by atoms with Crippen LogP contribution >= 0.6 is 11.3 Å². The number of rotatable bonds is 3. The number of nitrogens with zero attached hydrogens (tertiary/aromatic N) is 1. The van der Waals surface area contributed by atoms with Crippen LogP contribution < -0.4 is 29.7 Å². The van der Waals surface area contributed by atoms with Gasteiger partial charge in [0.1, 0.15) is 17.0 Å². The number of carbonyl (C=O) groups is 1. The Balaban J connectivity index is 1.38. The minimum Gasteiger partial charge on any atom is -0.490 e. The van der Waals surface area contributed by atoms with Crippen molar-refractivity contribution in [3.05, 3.63) is 43.3 Å². The molecule has 2 N–H and O–H groups in total. The van der Waals surface area contributed by atoms with Crippen molar-refractivity contribution in [2.75, 3.05) is 31.1 Å². The highest BCUT2D eigenvalue weighted by molar-refractivity contribution is 7.07. The fraction of sp³-hybridized carbons (Fsp3) is 0.455. The third-order valence-electron chi connectivity index (χ3n) is 6.41. The monoisotopic (exact) mass is 409 g/mol. The second kappa shape index (κ2) is 6.31. The standard InChI is InChI=1S/C22H23N3O3S/c26-19-15(11-23-22(19)5-6-22)21-24-20(27)18(29-21)10-14-3-4-17-16(9-14)25(7-8-28-17)12-13-1-2-13/h3-4,9-10,13,23H,1-2,5-8,11-12H2,(H,24,27)/b18-10-,21-15+. The van der Waals surface area contributed by atoms with E-state index in [1.165, 1.54) is 24.2 Å². The highest BCUT2D eigenvalue weighted by atomic mass is 32.1. The van der Waals surface area contributed by atoms with Gasteiger partial charge in [0.05, 0.1) is 22.3 Å². The van der Waals surface area contributed by atoms with E-state index >= 15 is 0 Å². The van der Waals surface area contributed by atoms with Gasteiger partial charge < -0.3 is 19.9 Å². The molecule has 1 saturated heterocycles. The summed E-state index contributed by atoms with van der Waals surface area (Å²) in [4.78, 5) is 30.5. The molecule has 3 heterocycles. The number of hydrogen-bond acceptors (Lipinski definition) is 6. The zero-order valence-electron chi connectivity index (χ0n) is 16.1. The number of aromatic nitrogens is 1. The molecule has 2 aromatic rings. The van der Waals surface area contributed by atoms with Crippen molar-refractivity contribution in [1.82, 2.24) is 10.3 Å². The third kappa shape index (κ3) is 3.04. The van der Waals surface area contributed by atoms with E-state index in [9.17, 15) is 9.59 Å². The number of aromatic amines is 1. The molecule has 2 aliphatic heterocycles. The van der Waals surface area contributed by atoms with Gasteiger partial charge in [-0.3, -0.25) is 9.59 Å². The zero-order chi connectivity index (χ0) is 19.6. The molecular formula is C22H23N3O3S. The quantitative estimate of drug-likeness (QED) is 0.782. The van der Waals surface area contributed by atoms with Crippen molar-refractivity contribution in [2.45, 2.75) is 31.2 Å². The smallest absolute Gasteiger partial charge is 0.266 e. The number of ether oxygens (including phenoxy) is 1. The molecule has 0 bridgehead atoms. The van der Waals surface area contributed by atoms with Crippen molar-refractivity contribution < 1.29 is 9.53 Å². The molecule has 1 spiro atoms. The Morgan fingerprint density at radius 1 is 1.28 bits per heavy atom. The van der Waals surface area contributed by atoms with Crippen molar-refractivity contribution in [2.24, 2.45) is 5.92 Å². The summed E-state index contributed by atoms with van der Waals surface area (Å²) in [5.41, 5.74) is 2.35. The lowest BCUT2D eigenvalue weighted by Gasteiger charge is -2.31. The third-order valence-corrected chi connectivity index (χ3v) is 7.49. The van der Waals surface area contributed by atoms with Crippen LogP contribution in [-0.2, 0) is 4.79 Å². The van der Waals surface area contributed by atoms with Crippen molar-refractivity contribution >= 4 is 34.5 Å². The van der Waals surface area contributed by atoms with E-state index in [2.05, 4.69) is 21.3 Å². The van der Waals surface area contributed by atoms with Gasteiger partial charge in [0.2, 0.25) is 0 Å². The molecule has 1 aromatic carbocycles. The summed E-state index contributed by atoms with van der Waals surface area (Å²) in [6, 6.07) is 6.11. The van der Waals surface area contributed by atoms with Gasteiger partial charge >= 0.3 is 0 Å². The van der Waals surface area contributed by atoms with E-state index in [-0.39, 0.29) is 16.9 Å². The number of benzene rings is 1. The second-order valence-electron chi connectivity index (χ2n) is 8.60. The first kappa shape index (κ1) is 17.5. The number of fused-ring (bicyclic) bond motifs is 1. The lowest BCUT2D eigenvalue weighted by atomic mass is 10.1. The molecule has 0 radical (unpaired) electrons. The van der Waals surface area contributed by atoms with Gasteiger partial charge in [-0.25, -0.2) is 0 Å². The van der Waals surface area contributed by atoms with Crippen LogP contribution in [0.25, 0.3) is 11.6 Å². The minimum atomic E-state index is -0.330. The van der Waals surface area contributed by atoms with Crippen molar-refractivity contribution in [3.8, 4) is 5.75 Å². The summed E-state index contributed by atoms with van der Waals surface area (Å²) >= 11 is 1.38. The number of nitrogens with one attached hydrogen (secondary N) is 2.